The summed E-state index contributed by atoms with van der Waals surface area (Å²) in [5, 5.41) is 0.0740. The quantitative estimate of drug-likeness (QED) is 0.685. The number of morpholine rings is 1. The van der Waals surface area contributed by atoms with Crippen molar-refractivity contribution in [2.45, 2.75) is 29.6 Å². The van der Waals surface area contributed by atoms with Crippen molar-refractivity contribution in [3.8, 4) is 0 Å². The molecule has 0 radical (unpaired) electrons. The van der Waals surface area contributed by atoms with Crippen molar-refractivity contribution in [3.63, 3.8) is 0 Å². The minimum atomic E-state index is -3.66. The van der Waals surface area contributed by atoms with Gasteiger partial charge in [0, 0.05) is 46.0 Å². The summed E-state index contributed by atoms with van der Waals surface area (Å²) in [6, 6.07) is 0. The van der Waals surface area contributed by atoms with Gasteiger partial charge in [-0.3, -0.25) is 4.90 Å². The predicted octanol–water partition coefficient (Wildman–Crippen LogP) is -0.309. The van der Waals surface area contributed by atoms with Gasteiger partial charge in [-0.2, -0.15) is 4.31 Å². The Kier molecular flexibility index (Phi) is 5.55. The van der Waals surface area contributed by atoms with E-state index in [1.807, 2.05) is 0 Å². The molecule has 0 amide bonds. The van der Waals surface area contributed by atoms with E-state index in [1.54, 1.807) is 11.6 Å². The normalized spacial score (nSPS) is 31.4. The molecule has 10 heteroatoms. The van der Waals surface area contributed by atoms with Crippen LogP contribution in [0.5, 0.6) is 0 Å². The number of ether oxygens (including phenoxy) is 3. The average molecular weight is 401 g/mol. The highest BCUT2D eigenvalue weighted by Crippen LogP contribution is 2.34. The van der Waals surface area contributed by atoms with E-state index in [1.165, 1.54) is 16.8 Å². The Morgan fingerprint density at radius 3 is 2.74 bits per heavy atom. The zero-order valence-electron chi connectivity index (χ0n) is 15.7. The van der Waals surface area contributed by atoms with Crippen molar-refractivity contribution in [1.29, 1.82) is 0 Å². The molecule has 0 bridgehead atoms. The Hall–Kier alpha value is -1.04. The molecule has 0 aliphatic carbocycles. The summed E-state index contributed by atoms with van der Waals surface area (Å²) >= 11 is 0. The maximum absolute atomic E-state index is 13.0. The minimum absolute atomic E-state index is 0.0740. The van der Waals surface area contributed by atoms with Crippen LogP contribution < -0.4 is 0 Å². The van der Waals surface area contributed by atoms with Gasteiger partial charge in [-0.15, -0.1) is 0 Å². The van der Waals surface area contributed by atoms with Gasteiger partial charge in [-0.25, -0.2) is 13.4 Å². The van der Waals surface area contributed by atoms with Gasteiger partial charge in [-0.05, 0) is 12.8 Å². The molecule has 9 nitrogen and oxygen atoms in total. The van der Waals surface area contributed by atoms with Gasteiger partial charge in [0.05, 0.1) is 38.9 Å². The summed E-state index contributed by atoms with van der Waals surface area (Å²) in [4.78, 5) is 6.39. The molecule has 2 atom stereocenters. The molecule has 1 aromatic rings. The molecule has 0 aromatic carbocycles. The van der Waals surface area contributed by atoms with E-state index in [0.717, 1.165) is 45.7 Å². The summed E-state index contributed by atoms with van der Waals surface area (Å²) in [6.45, 7) is 5.65. The Morgan fingerprint density at radius 1 is 1.22 bits per heavy atom. The number of nitrogens with zero attached hydrogens (tertiary/aromatic N) is 4. The van der Waals surface area contributed by atoms with E-state index in [4.69, 9.17) is 14.2 Å². The molecule has 3 aliphatic rings. The molecule has 152 valence electrons. The van der Waals surface area contributed by atoms with Crippen LogP contribution in [0.1, 0.15) is 12.8 Å². The Balaban J connectivity index is 1.45. The Labute approximate surface area is 160 Å². The van der Waals surface area contributed by atoms with Gasteiger partial charge in [-0.1, -0.05) is 0 Å². The first-order valence-electron chi connectivity index (χ1n) is 9.51. The smallest absolute Gasteiger partial charge is 0.262 e. The van der Waals surface area contributed by atoms with Crippen molar-refractivity contribution in [3.05, 3.63) is 12.5 Å². The van der Waals surface area contributed by atoms with Gasteiger partial charge >= 0.3 is 0 Å². The highest BCUT2D eigenvalue weighted by Gasteiger charge is 2.46. The third kappa shape index (κ3) is 4.20. The molecule has 4 rings (SSSR count). The monoisotopic (exact) mass is 400 g/mol. The number of rotatable bonds is 4. The molecule has 3 aliphatic heterocycles. The van der Waals surface area contributed by atoms with Crippen molar-refractivity contribution < 1.29 is 22.6 Å². The van der Waals surface area contributed by atoms with Crippen LogP contribution in [0.25, 0.3) is 0 Å². The van der Waals surface area contributed by atoms with Crippen LogP contribution in [0.3, 0.4) is 0 Å². The Bertz CT molecular complexity index is 748. The fourth-order valence-electron chi connectivity index (χ4n) is 4.05. The lowest BCUT2D eigenvalue weighted by Crippen LogP contribution is -2.48. The topological polar surface area (TPSA) is 86.1 Å². The number of aromatic nitrogens is 2. The summed E-state index contributed by atoms with van der Waals surface area (Å²) in [7, 11) is -1.90. The molecule has 1 aromatic heterocycles. The van der Waals surface area contributed by atoms with Gasteiger partial charge in [0.1, 0.15) is 5.60 Å². The highest BCUT2D eigenvalue weighted by atomic mass is 32.2. The van der Waals surface area contributed by atoms with Crippen molar-refractivity contribution in [2.24, 2.45) is 7.05 Å². The second-order valence-corrected chi connectivity index (χ2v) is 9.53. The van der Waals surface area contributed by atoms with Crippen molar-refractivity contribution in [2.75, 3.05) is 59.2 Å². The zero-order valence-corrected chi connectivity index (χ0v) is 16.6. The van der Waals surface area contributed by atoms with Crippen LogP contribution in [0, 0.1) is 0 Å². The molecular weight excluding hydrogens is 372 g/mol. The molecule has 3 fully saturated rings. The molecule has 0 N–H and O–H groups in total. The summed E-state index contributed by atoms with van der Waals surface area (Å²) < 4.78 is 46.7. The number of sulfonamides is 1. The standard InChI is InChI=1S/C17H28N4O5S/c1-19-11-16(18-14-19)27(22,23)21-6-9-25-13-17(12-21)3-2-15(26-17)10-20-4-7-24-8-5-20/h11,14-15H,2-10,12-13H2,1H3/t15-,17-/m0/s1. The van der Waals surface area contributed by atoms with E-state index in [2.05, 4.69) is 9.88 Å². The van der Waals surface area contributed by atoms with Crippen LogP contribution in [0.15, 0.2) is 17.6 Å². The predicted molar refractivity (Wildman–Crippen MR) is 96.9 cm³/mol. The van der Waals surface area contributed by atoms with E-state index >= 15 is 0 Å². The highest BCUT2D eigenvalue weighted by molar-refractivity contribution is 7.89. The first-order chi connectivity index (χ1) is 13.0. The molecule has 4 heterocycles. The van der Waals surface area contributed by atoms with Gasteiger partial charge < -0.3 is 18.8 Å². The lowest BCUT2D eigenvalue weighted by molar-refractivity contribution is -0.0927. The molecule has 3 saturated heterocycles. The Morgan fingerprint density at radius 2 is 2.00 bits per heavy atom. The number of imidazole rings is 1. The maximum atomic E-state index is 13.0. The SMILES string of the molecule is Cn1cnc(S(=O)(=O)N2CCOC[C@]3(CC[C@@H](CN4CCOCC4)O3)C2)c1. The van der Waals surface area contributed by atoms with E-state index < -0.39 is 15.6 Å². The minimum Gasteiger partial charge on any atom is -0.379 e. The summed E-state index contributed by atoms with van der Waals surface area (Å²) in [6.07, 6.45) is 4.85. The van der Waals surface area contributed by atoms with Crippen molar-refractivity contribution in [1.82, 2.24) is 18.8 Å². The molecule has 27 heavy (non-hydrogen) atoms. The van der Waals surface area contributed by atoms with Crippen LogP contribution in [-0.2, 0) is 31.3 Å². The lowest BCUT2D eigenvalue weighted by Gasteiger charge is -2.33. The molecule has 0 unspecified atom stereocenters. The van der Waals surface area contributed by atoms with Crippen LogP contribution >= 0.6 is 0 Å². The molecule has 1 spiro atoms. The first kappa shape index (κ1) is 19.3. The van der Waals surface area contributed by atoms with Crippen LogP contribution in [0.4, 0.5) is 0 Å². The molecular formula is C17H28N4O5S. The summed E-state index contributed by atoms with van der Waals surface area (Å²) in [5.41, 5.74) is -0.574. The number of hydrogen-bond donors (Lipinski definition) is 0. The zero-order chi connectivity index (χ0) is 18.9. The second-order valence-electron chi connectivity index (χ2n) is 7.64. The van der Waals surface area contributed by atoms with Gasteiger partial charge in [0.15, 0.2) is 5.03 Å². The van der Waals surface area contributed by atoms with E-state index in [0.29, 0.717) is 26.3 Å². The van der Waals surface area contributed by atoms with Crippen LogP contribution in [-0.4, -0.2) is 98.0 Å². The van der Waals surface area contributed by atoms with Gasteiger partial charge in [0.2, 0.25) is 0 Å². The maximum Gasteiger partial charge on any atom is 0.262 e. The lowest BCUT2D eigenvalue weighted by atomic mass is 10.0. The third-order valence-corrected chi connectivity index (χ3v) is 7.24. The largest absolute Gasteiger partial charge is 0.379 e. The van der Waals surface area contributed by atoms with E-state index in [-0.39, 0.29) is 11.1 Å². The second kappa shape index (κ2) is 7.76. The van der Waals surface area contributed by atoms with Crippen molar-refractivity contribution >= 4 is 10.0 Å². The summed E-state index contributed by atoms with van der Waals surface area (Å²) in [5.74, 6) is 0. The number of aryl methyl sites for hydroxylation is 1. The van der Waals surface area contributed by atoms with E-state index in [9.17, 15) is 8.42 Å². The number of hydrogen-bond acceptors (Lipinski definition) is 7. The fourth-order valence-corrected chi connectivity index (χ4v) is 5.51. The van der Waals surface area contributed by atoms with Crippen LogP contribution in [0.2, 0.25) is 0 Å². The first-order valence-corrected chi connectivity index (χ1v) is 10.9. The van der Waals surface area contributed by atoms with Gasteiger partial charge in [0.25, 0.3) is 10.0 Å². The molecule has 0 saturated carbocycles. The fraction of sp³-hybridized carbons (Fsp3) is 0.824. The third-order valence-electron chi connectivity index (χ3n) is 5.50. The average Bonchev–Trinajstić information content (AvgIpc) is 3.19.